The van der Waals surface area contributed by atoms with Crippen molar-refractivity contribution < 1.29 is 67.5 Å². The molecule has 0 spiro atoms. The number of hydrogen-bond donors (Lipinski definition) is 14. The number of ether oxygens (including phenoxy) is 6. The first kappa shape index (κ1) is 53.2. The van der Waals surface area contributed by atoms with Gasteiger partial charge in [-0.15, -0.1) is 10.2 Å². The van der Waals surface area contributed by atoms with E-state index in [0.717, 1.165) is 0 Å². The third kappa shape index (κ3) is 11.1. The number of rotatable bonds is 16. The van der Waals surface area contributed by atoms with Gasteiger partial charge in [0, 0.05) is 37.3 Å². The molecule has 2 saturated heterocycles. The van der Waals surface area contributed by atoms with E-state index in [9.17, 15) is 39.1 Å². The van der Waals surface area contributed by atoms with Gasteiger partial charge in [0.2, 0.25) is 9.84 Å². The van der Waals surface area contributed by atoms with Crippen LogP contribution in [0.1, 0.15) is 24.2 Å². The summed E-state index contributed by atoms with van der Waals surface area (Å²) in [5.41, 5.74) is 49.9. The van der Waals surface area contributed by atoms with E-state index in [-0.39, 0.29) is 48.9 Å². The van der Waals surface area contributed by atoms with Crippen LogP contribution in [0, 0.1) is 0 Å². The maximum atomic E-state index is 14.1. The fraction of sp³-hybridized carbons (Fsp3) is 0.619. The van der Waals surface area contributed by atoms with Crippen molar-refractivity contribution in [1.82, 2.24) is 30.0 Å². The number of nitrogens with zero attached hydrogens (tertiary/aromatic N) is 6. The van der Waals surface area contributed by atoms with Crippen molar-refractivity contribution in [1.29, 1.82) is 0 Å². The summed E-state index contributed by atoms with van der Waals surface area (Å²) >= 11 is 0. The first-order valence-electron chi connectivity index (χ1n) is 23.0. The van der Waals surface area contributed by atoms with E-state index in [1.807, 2.05) is 0 Å². The zero-order valence-corrected chi connectivity index (χ0v) is 39.0. The Morgan fingerprint density at radius 1 is 0.563 bits per heavy atom. The minimum Gasteiger partial charge on any atom is -0.389 e. The molecule has 0 amide bonds. The lowest BCUT2D eigenvalue weighted by Crippen LogP contribution is -2.67. The third-order valence-corrected chi connectivity index (χ3v) is 15.1. The monoisotopic (exact) mass is 1020 g/mol. The van der Waals surface area contributed by atoms with E-state index in [0.29, 0.717) is 22.8 Å². The van der Waals surface area contributed by atoms with Crippen molar-refractivity contribution in [3.63, 3.8) is 0 Å². The molecule has 2 aliphatic heterocycles. The summed E-state index contributed by atoms with van der Waals surface area (Å²) < 4.78 is 66.5. The Morgan fingerprint density at radius 3 is 1.34 bits per heavy atom. The Morgan fingerprint density at radius 2 is 0.958 bits per heavy atom. The van der Waals surface area contributed by atoms with E-state index in [4.69, 9.17) is 74.3 Å². The molecule has 8 rings (SSSR count). The van der Waals surface area contributed by atoms with Crippen LogP contribution < -0.4 is 45.9 Å². The molecular weight excluding hydrogens is 957 g/mol. The predicted octanol–water partition coefficient (Wildman–Crippen LogP) is -7.47. The van der Waals surface area contributed by atoms with E-state index >= 15 is 0 Å². The summed E-state index contributed by atoms with van der Waals surface area (Å²) in [4.78, 5) is -0.112. The molecule has 2 aromatic carbocycles. The highest BCUT2D eigenvalue weighted by Crippen LogP contribution is 2.31. The van der Waals surface area contributed by atoms with Gasteiger partial charge in [0.25, 0.3) is 0 Å². The van der Waals surface area contributed by atoms with Crippen LogP contribution in [0.5, 0.6) is 0 Å². The lowest BCUT2D eigenvalue weighted by molar-refractivity contribution is -0.294. The number of nitrogens with two attached hydrogens (primary N) is 8. The van der Waals surface area contributed by atoms with Gasteiger partial charge in [0.15, 0.2) is 12.6 Å². The van der Waals surface area contributed by atoms with Crippen molar-refractivity contribution in [2.24, 2.45) is 45.9 Å². The van der Waals surface area contributed by atoms with Crippen LogP contribution in [0.15, 0.2) is 70.7 Å². The molecule has 20 atom stereocenters. The largest absolute Gasteiger partial charge is 0.389 e. The molecule has 29 heteroatoms. The average molecular weight is 1020 g/mol. The number of benzene rings is 2. The Labute approximate surface area is 406 Å². The fourth-order valence-electron chi connectivity index (χ4n) is 9.23. The van der Waals surface area contributed by atoms with E-state index in [1.165, 1.54) is 46.0 Å². The van der Waals surface area contributed by atoms with E-state index in [1.54, 1.807) is 24.3 Å². The van der Waals surface area contributed by atoms with Gasteiger partial charge in [-0.25, -0.2) is 17.8 Å². The summed E-state index contributed by atoms with van der Waals surface area (Å²) in [6.07, 6.45) is -13.4. The number of sulfone groups is 1. The summed E-state index contributed by atoms with van der Waals surface area (Å²) in [7, 11) is -4.13. The Bertz CT molecular complexity index is 2350. The van der Waals surface area contributed by atoms with E-state index in [2.05, 4.69) is 20.6 Å². The Balaban J connectivity index is 0.874. The van der Waals surface area contributed by atoms with Crippen LogP contribution in [-0.2, 0) is 51.5 Å². The first-order valence-corrected chi connectivity index (χ1v) is 24.4. The Hall–Kier alpha value is -4.13. The van der Waals surface area contributed by atoms with Crippen molar-refractivity contribution >= 4 is 9.84 Å². The van der Waals surface area contributed by atoms with Crippen LogP contribution >= 0.6 is 0 Å². The van der Waals surface area contributed by atoms with Gasteiger partial charge in [0.1, 0.15) is 72.4 Å². The van der Waals surface area contributed by atoms with Gasteiger partial charge in [-0.05, 0) is 49.2 Å². The highest BCUT2D eigenvalue weighted by atomic mass is 32.2. The number of aliphatic hydroxyl groups excluding tert-OH is 6. The molecule has 2 saturated carbocycles. The third-order valence-electron chi connectivity index (χ3n) is 13.4. The number of hydrogen-bond acceptors (Lipinski definition) is 26. The van der Waals surface area contributed by atoms with Gasteiger partial charge in [0.05, 0.1) is 71.1 Å². The summed E-state index contributed by atoms with van der Waals surface area (Å²) in [5, 5.41) is 80.7. The predicted molar refractivity (Wildman–Crippen MR) is 244 cm³/mol. The van der Waals surface area contributed by atoms with Gasteiger partial charge >= 0.3 is 0 Å². The van der Waals surface area contributed by atoms with Crippen LogP contribution in [0.4, 0.5) is 0 Å². The second-order valence-corrected chi connectivity index (χ2v) is 20.3. The van der Waals surface area contributed by atoms with Crippen LogP contribution in [-0.4, -0.2) is 204 Å². The molecule has 0 bridgehead atoms. The summed E-state index contributed by atoms with van der Waals surface area (Å²) in [5.74, 6) is 0. The van der Waals surface area contributed by atoms with Crippen molar-refractivity contribution in [3.8, 4) is 11.4 Å². The quantitative estimate of drug-likeness (QED) is 0.0496. The maximum absolute atomic E-state index is 14.1. The molecule has 0 radical (unpaired) electrons. The molecule has 2 aliphatic carbocycles. The van der Waals surface area contributed by atoms with Gasteiger partial charge in [-0.1, -0.05) is 22.6 Å². The number of aromatic nitrogens is 6. The molecule has 392 valence electrons. The highest BCUT2D eigenvalue weighted by Gasteiger charge is 2.50. The number of aliphatic hydroxyl groups is 6. The molecular formula is C42H64N14O14S. The van der Waals surface area contributed by atoms with Crippen LogP contribution in [0.2, 0.25) is 0 Å². The van der Waals surface area contributed by atoms with E-state index < -0.39 is 132 Å². The molecule has 0 unspecified atom stereocenters. The molecule has 22 N–H and O–H groups in total. The minimum absolute atomic E-state index is 0.0562. The molecule has 4 heterocycles. The van der Waals surface area contributed by atoms with Crippen LogP contribution in [0.25, 0.3) is 11.4 Å². The first-order chi connectivity index (χ1) is 33.8. The van der Waals surface area contributed by atoms with Crippen LogP contribution in [0.3, 0.4) is 0 Å². The molecule has 4 aliphatic rings. The smallest absolute Gasteiger partial charge is 0.206 e. The lowest BCUT2D eigenvalue weighted by atomic mass is 9.84. The summed E-state index contributed by atoms with van der Waals surface area (Å²) in [6, 6.07) is 6.71. The zero-order chi connectivity index (χ0) is 51.1. The normalized spacial score (nSPS) is 38.1. The molecule has 71 heavy (non-hydrogen) atoms. The molecule has 4 aromatic rings. The Kier molecular flexibility index (Phi) is 16.6. The topological polar surface area (TPSA) is 480 Å². The zero-order valence-electron chi connectivity index (χ0n) is 38.2. The standard InChI is InChI=1S/C42H64N14O14S/c43-11-27-39(33(59)29(49)41(67-27)69-37-25(47)9-23(45)31(57)35(37)61)65-15-17-13-55(53-51-17)19-3-1-5-21(7-19)71(63,64)22-6-2-4-20(8-22)56-14-18(52-54-56)16-66-40-28(12-44)68-42(30(50)34(40)60)70-38-26(48)10-24(46)32(58)36(38)62/h1-8,13-14,23-42,57-62H,9-12,15-16,43-50H2/t23-,24-,25+,26+,27-,28-,29-,30-,31+,32+,33-,34-,35-,36-,37-,38-,39-,40-,41-,42-/m1/s1. The highest BCUT2D eigenvalue weighted by molar-refractivity contribution is 7.91. The molecule has 28 nitrogen and oxygen atoms in total. The lowest BCUT2D eigenvalue weighted by Gasteiger charge is -2.46. The fourth-order valence-corrected chi connectivity index (χ4v) is 10.6. The molecule has 4 fully saturated rings. The summed E-state index contributed by atoms with van der Waals surface area (Å²) in [6.45, 7) is -0.594. The van der Waals surface area contributed by atoms with Crippen molar-refractivity contribution in [3.05, 3.63) is 72.3 Å². The maximum Gasteiger partial charge on any atom is 0.206 e. The van der Waals surface area contributed by atoms with Crippen molar-refractivity contribution in [2.75, 3.05) is 13.1 Å². The molecule has 2 aromatic heterocycles. The second kappa shape index (κ2) is 22.1. The minimum atomic E-state index is -4.13. The van der Waals surface area contributed by atoms with Gasteiger partial charge in [-0.2, -0.15) is 0 Å². The SMILES string of the molecule is NC[C@H]1O[C@H](O[C@H]2[C@H](O)[C@@H](O)[C@H](N)C[C@@H]2N)[C@H](N)[C@@H](O)[C@@H]1OCc1cn(-c2cccc(S(=O)(=O)c3cccc(-n4cc(CO[C@H]5[C@H](O)[C@@H](N)[C@@H](O[C@H]6[C@H](O)[C@@H](O)[C@H](N)C[C@@H]6N)O[C@@H]5CN)nn4)c3)c2)nn1. The van der Waals surface area contributed by atoms with Crippen molar-refractivity contribution in [2.45, 2.75) is 158 Å². The van der Waals surface area contributed by atoms with Gasteiger partial charge in [-0.3, -0.25) is 0 Å². The second-order valence-electron chi connectivity index (χ2n) is 18.3. The average Bonchev–Trinajstić information content (AvgIpc) is 4.05. The van der Waals surface area contributed by atoms with Gasteiger partial charge < -0.3 is 105 Å².